The molecule has 3 aromatic rings. The third kappa shape index (κ3) is 5.36. The number of piperazine rings is 1. The third-order valence-electron chi connectivity index (χ3n) is 7.30. The summed E-state index contributed by atoms with van der Waals surface area (Å²) in [6.45, 7) is 8.06. The van der Waals surface area contributed by atoms with E-state index in [-0.39, 0.29) is 5.91 Å². The Morgan fingerprint density at radius 3 is 2.50 bits per heavy atom. The Balaban J connectivity index is 1.31. The lowest BCUT2D eigenvalue weighted by molar-refractivity contribution is 0.0746. The number of fused-ring (bicyclic) bond motifs is 3. The predicted octanol–water partition coefficient (Wildman–Crippen LogP) is 6.05. The number of hydrogen-bond acceptors (Lipinski definition) is 6. The zero-order valence-electron chi connectivity index (χ0n) is 21.7. The largest absolute Gasteiger partial charge is 0.494 e. The fourth-order valence-electron chi connectivity index (χ4n) is 5.25. The highest BCUT2D eigenvalue weighted by atomic mass is 32.1. The van der Waals surface area contributed by atoms with Gasteiger partial charge < -0.3 is 14.5 Å². The number of aromatic nitrogens is 2. The van der Waals surface area contributed by atoms with Crippen molar-refractivity contribution in [3.05, 3.63) is 46.1 Å². The van der Waals surface area contributed by atoms with Gasteiger partial charge in [-0.3, -0.25) is 4.79 Å². The van der Waals surface area contributed by atoms with Gasteiger partial charge >= 0.3 is 0 Å². The Morgan fingerprint density at radius 2 is 1.75 bits per heavy atom. The van der Waals surface area contributed by atoms with Crippen molar-refractivity contribution in [2.75, 3.05) is 37.7 Å². The number of ether oxygens (including phenoxy) is 1. The molecule has 2 aromatic heterocycles. The van der Waals surface area contributed by atoms with E-state index < -0.39 is 0 Å². The second-order valence-corrected chi connectivity index (χ2v) is 11.0. The second kappa shape index (κ2) is 11.6. The molecule has 1 amide bonds. The highest BCUT2D eigenvalue weighted by Crippen LogP contribution is 2.39. The zero-order chi connectivity index (χ0) is 24.9. The average molecular weight is 507 g/mol. The lowest BCUT2D eigenvalue weighted by Gasteiger charge is -2.36. The summed E-state index contributed by atoms with van der Waals surface area (Å²) in [5, 5.41) is 1.29. The molecule has 0 unspecified atom stereocenters. The Morgan fingerprint density at radius 1 is 0.972 bits per heavy atom. The number of carbonyl (C=O) groups excluding carboxylic acids is 1. The first kappa shape index (κ1) is 25.0. The Kier molecular flexibility index (Phi) is 8.05. The minimum atomic E-state index is 0.0960. The van der Waals surface area contributed by atoms with Crippen LogP contribution in [0.15, 0.2) is 24.3 Å². The molecule has 1 aliphatic heterocycles. The van der Waals surface area contributed by atoms with Gasteiger partial charge in [0, 0.05) is 43.0 Å². The molecule has 1 aromatic carbocycles. The van der Waals surface area contributed by atoms with Crippen molar-refractivity contribution in [3.8, 4) is 5.75 Å². The number of hydrogen-bond donors (Lipinski definition) is 0. The smallest absolute Gasteiger partial charge is 0.253 e. The number of anilines is 1. The predicted molar refractivity (Wildman–Crippen MR) is 148 cm³/mol. The Bertz CT molecular complexity index is 1180. The molecule has 0 radical (unpaired) electrons. The quantitative estimate of drug-likeness (QED) is 0.275. The van der Waals surface area contributed by atoms with Crippen LogP contribution >= 0.6 is 11.3 Å². The van der Waals surface area contributed by atoms with Crippen molar-refractivity contribution in [1.82, 2.24) is 14.9 Å². The maximum Gasteiger partial charge on any atom is 0.253 e. The van der Waals surface area contributed by atoms with Crippen molar-refractivity contribution in [2.24, 2.45) is 0 Å². The molecule has 36 heavy (non-hydrogen) atoms. The number of rotatable bonds is 8. The third-order valence-corrected chi connectivity index (χ3v) is 8.49. The number of amides is 1. The molecule has 1 saturated heterocycles. The van der Waals surface area contributed by atoms with Gasteiger partial charge in [-0.25, -0.2) is 9.97 Å². The van der Waals surface area contributed by atoms with E-state index >= 15 is 0 Å². The minimum absolute atomic E-state index is 0.0960. The van der Waals surface area contributed by atoms with Crippen LogP contribution in [0, 0.1) is 0 Å². The summed E-state index contributed by atoms with van der Waals surface area (Å²) < 4.78 is 5.75. The highest BCUT2D eigenvalue weighted by Gasteiger charge is 2.27. The van der Waals surface area contributed by atoms with Gasteiger partial charge in [-0.2, -0.15) is 0 Å². The van der Waals surface area contributed by atoms with Gasteiger partial charge in [-0.15, -0.1) is 11.3 Å². The summed E-state index contributed by atoms with van der Waals surface area (Å²) in [6.07, 6.45) is 10.2. The molecule has 6 nitrogen and oxygen atoms in total. The molecule has 0 N–H and O–H groups in total. The fourth-order valence-corrected chi connectivity index (χ4v) is 6.53. The van der Waals surface area contributed by atoms with Gasteiger partial charge in [0.25, 0.3) is 5.91 Å². The monoisotopic (exact) mass is 506 g/mol. The molecule has 2 aliphatic rings. The van der Waals surface area contributed by atoms with E-state index in [2.05, 4.69) is 18.7 Å². The summed E-state index contributed by atoms with van der Waals surface area (Å²) in [5.74, 6) is 2.98. The number of thiophene rings is 1. The second-order valence-electron chi connectivity index (χ2n) is 9.96. The average Bonchev–Trinajstić information content (AvgIpc) is 3.09. The normalized spacial score (nSPS) is 16.2. The number of nitrogens with zero attached hydrogens (tertiary/aromatic N) is 4. The molecule has 3 heterocycles. The number of carbonyl (C=O) groups is 1. The SMILES string of the molecule is CCCCOc1ccc(C(=O)N2CCN(c3nc(CCC)nc4sc5c(c34)CCCCC5)CC2)cc1. The van der Waals surface area contributed by atoms with E-state index in [1.54, 1.807) is 0 Å². The van der Waals surface area contributed by atoms with Crippen molar-refractivity contribution in [2.45, 2.75) is 71.6 Å². The van der Waals surface area contributed by atoms with Crippen LogP contribution < -0.4 is 9.64 Å². The van der Waals surface area contributed by atoms with Crippen LogP contribution in [0.3, 0.4) is 0 Å². The van der Waals surface area contributed by atoms with E-state index in [1.165, 1.54) is 41.5 Å². The number of unbranched alkanes of at least 4 members (excludes halogenated alkanes) is 1. The van der Waals surface area contributed by atoms with E-state index in [0.29, 0.717) is 13.1 Å². The molecule has 1 fully saturated rings. The van der Waals surface area contributed by atoms with E-state index in [9.17, 15) is 4.79 Å². The molecular weight excluding hydrogens is 468 g/mol. The lowest BCUT2D eigenvalue weighted by Crippen LogP contribution is -2.49. The fraction of sp³-hybridized carbons (Fsp3) is 0.552. The van der Waals surface area contributed by atoms with Crippen molar-refractivity contribution < 1.29 is 9.53 Å². The molecule has 0 spiro atoms. The molecule has 1 aliphatic carbocycles. The standard InChI is InChI=1S/C29H38N4O2S/c1-3-5-20-35-22-14-12-21(13-15-22)29(34)33-18-16-32(17-19-33)27-26-23-10-7-6-8-11-24(23)36-28(26)31-25(30-27)9-4-2/h12-15H,3-11,16-20H2,1-2H3. The van der Waals surface area contributed by atoms with Crippen LogP contribution in [-0.4, -0.2) is 53.6 Å². The van der Waals surface area contributed by atoms with Gasteiger partial charge in [0.1, 0.15) is 22.2 Å². The van der Waals surface area contributed by atoms with E-state index in [0.717, 1.165) is 79.6 Å². The highest BCUT2D eigenvalue weighted by molar-refractivity contribution is 7.19. The summed E-state index contributed by atoms with van der Waals surface area (Å²) in [6, 6.07) is 7.60. The molecule has 192 valence electrons. The van der Waals surface area contributed by atoms with Gasteiger partial charge in [0.15, 0.2) is 0 Å². The van der Waals surface area contributed by atoms with Crippen LogP contribution in [0.5, 0.6) is 5.75 Å². The maximum atomic E-state index is 13.2. The lowest BCUT2D eigenvalue weighted by atomic mass is 10.1. The van der Waals surface area contributed by atoms with Gasteiger partial charge in [-0.05, 0) is 68.4 Å². The summed E-state index contributed by atoms with van der Waals surface area (Å²) in [4.78, 5) is 30.3. The molecule has 7 heteroatoms. The molecule has 0 saturated carbocycles. The molecular formula is C29H38N4O2S. The van der Waals surface area contributed by atoms with Crippen molar-refractivity contribution in [1.29, 1.82) is 0 Å². The van der Waals surface area contributed by atoms with Gasteiger partial charge in [-0.1, -0.05) is 26.7 Å². The summed E-state index contributed by atoms with van der Waals surface area (Å²) in [5.41, 5.74) is 2.22. The Hall–Kier alpha value is -2.67. The van der Waals surface area contributed by atoms with Crippen LogP contribution in [-0.2, 0) is 19.3 Å². The first-order valence-electron chi connectivity index (χ1n) is 13.8. The first-order valence-corrected chi connectivity index (χ1v) is 14.6. The Labute approximate surface area is 218 Å². The molecule has 0 atom stereocenters. The van der Waals surface area contributed by atoms with Crippen molar-refractivity contribution in [3.63, 3.8) is 0 Å². The van der Waals surface area contributed by atoms with Gasteiger partial charge in [0.05, 0.1) is 12.0 Å². The minimum Gasteiger partial charge on any atom is -0.494 e. The van der Waals surface area contributed by atoms with Crippen LogP contribution in [0.4, 0.5) is 5.82 Å². The van der Waals surface area contributed by atoms with E-state index in [1.807, 2.05) is 40.5 Å². The van der Waals surface area contributed by atoms with Crippen LogP contribution in [0.25, 0.3) is 10.2 Å². The zero-order valence-corrected chi connectivity index (χ0v) is 22.5. The van der Waals surface area contributed by atoms with Crippen LogP contribution in [0.2, 0.25) is 0 Å². The number of aryl methyl sites for hydroxylation is 3. The maximum absolute atomic E-state index is 13.2. The van der Waals surface area contributed by atoms with E-state index in [4.69, 9.17) is 14.7 Å². The summed E-state index contributed by atoms with van der Waals surface area (Å²) in [7, 11) is 0. The van der Waals surface area contributed by atoms with Crippen molar-refractivity contribution >= 4 is 33.3 Å². The summed E-state index contributed by atoms with van der Waals surface area (Å²) >= 11 is 1.89. The van der Waals surface area contributed by atoms with Crippen LogP contribution in [0.1, 0.15) is 79.0 Å². The number of benzene rings is 1. The molecule has 5 rings (SSSR count). The first-order chi connectivity index (χ1) is 17.7. The molecule has 0 bridgehead atoms. The topological polar surface area (TPSA) is 58.6 Å². The van der Waals surface area contributed by atoms with Gasteiger partial charge in [0.2, 0.25) is 0 Å².